The largest absolute Gasteiger partial charge is 0.480 e. The van der Waals surface area contributed by atoms with Crippen LogP contribution in [0.3, 0.4) is 0 Å². The Bertz CT molecular complexity index is 216. The molecule has 1 fully saturated rings. The van der Waals surface area contributed by atoms with E-state index >= 15 is 0 Å². The minimum Gasteiger partial charge on any atom is -0.480 e. The van der Waals surface area contributed by atoms with Crippen molar-refractivity contribution >= 4 is 11.9 Å². The van der Waals surface area contributed by atoms with Crippen LogP contribution < -0.4 is 0 Å². The summed E-state index contributed by atoms with van der Waals surface area (Å²) >= 11 is 0. The molecule has 1 aliphatic heterocycles. The molecule has 0 saturated carbocycles. The van der Waals surface area contributed by atoms with E-state index in [1.54, 1.807) is 0 Å². The van der Waals surface area contributed by atoms with Gasteiger partial charge in [0.05, 0.1) is 6.61 Å². The first-order valence-electron chi connectivity index (χ1n) is 4.18. The highest BCUT2D eigenvalue weighted by atomic mass is 16.5. The fourth-order valence-electron chi connectivity index (χ4n) is 1.46. The summed E-state index contributed by atoms with van der Waals surface area (Å²) in [6, 6.07) is -0.650. The van der Waals surface area contributed by atoms with Gasteiger partial charge in [-0.3, -0.25) is 4.79 Å². The third kappa shape index (κ3) is 2.18. The van der Waals surface area contributed by atoms with Crippen molar-refractivity contribution in [2.45, 2.75) is 18.9 Å². The molecule has 1 amide bonds. The van der Waals surface area contributed by atoms with Crippen LogP contribution in [-0.4, -0.2) is 48.2 Å². The predicted molar refractivity (Wildman–Crippen MR) is 44.2 cm³/mol. The topological polar surface area (TPSA) is 66.8 Å². The molecule has 0 aromatic rings. The number of nitrogens with zero attached hydrogens (tertiary/aromatic N) is 1. The number of hydrogen-bond acceptors (Lipinski definition) is 3. The van der Waals surface area contributed by atoms with Crippen LogP contribution in [0.1, 0.15) is 12.8 Å². The lowest BCUT2D eigenvalue weighted by Gasteiger charge is -2.20. The van der Waals surface area contributed by atoms with Crippen molar-refractivity contribution in [2.24, 2.45) is 0 Å². The molecule has 74 valence electrons. The van der Waals surface area contributed by atoms with Gasteiger partial charge in [0.25, 0.3) is 0 Å². The summed E-state index contributed by atoms with van der Waals surface area (Å²) in [5.74, 6) is -1.02. The second kappa shape index (κ2) is 4.23. The lowest BCUT2D eigenvalue weighted by atomic mass is 10.2. The number of ether oxygens (including phenoxy) is 1. The van der Waals surface area contributed by atoms with Crippen LogP contribution in [0, 0.1) is 0 Å². The molecule has 1 N–H and O–H groups in total. The maximum Gasteiger partial charge on any atom is 0.326 e. The van der Waals surface area contributed by atoms with E-state index in [4.69, 9.17) is 9.84 Å². The van der Waals surface area contributed by atoms with E-state index in [1.165, 1.54) is 12.0 Å². The number of carbonyl (C=O) groups excluding carboxylic acids is 1. The molecule has 0 aromatic carbocycles. The Labute approximate surface area is 76.3 Å². The summed E-state index contributed by atoms with van der Waals surface area (Å²) in [7, 11) is 1.52. The first kappa shape index (κ1) is 9.98. The Morgan fingerprint density at radius 3 is 3.00 bits per heavy atom. The number of carbonyl (C=O) groups is 2. The van der Waals surface area contributed by atoms with E-state index in [9.17, 15) is 9.59 Å². The van der Waals surface area contributed by atoms with Gasteiger partial charge in [0.1, 0.15) is 6.04 Å². The molecule has 0 bridgehead atoms. The quantitative estimate of drug-likeness (QED) is 0.656. The van der Waals surface area contributed by atoms with E-state index < -0.39 is 12.0 Å². The summed E-state index contributed by atoms with van der Waals surface area (Å²) in [6.07, 6.45) is 0.749. The van der Waals surface area contributed by atoms with E-state index in [2.05, 4.69) is 0 Å². The molecule has 0 aromatic heterocycles. The molecule has 5 nitrogen and oxygen atoms in total. The second-order valence-corrected chi connectivity index (χ2v) is 2.97. The lowest BCUT2D eigenvalue weighted by molar-refractivity contribution is -0.146. The Morgan fingerprint density at radius 2 is 2.46 bits per heavy atom. The normalized spacial score (nSPS) is 22.4. The van der Waals surface area contributed by atoms with Crippen LogP contribution in [-0.2, 0) is 14.3 Å². The first-order valence-corrected chi connectivity index (χ1v) is 4.18. The Morgan fingerprint density at radius 1 is 1.77 bits per heavy atom. The van der Waals surface area contributed by atoms with Gasteiger partial charge >= 0.3 is 5.97 Å². The van der Waals surface area contributed by atoms with Crippen molar-refractivity contribution < 1.29 is 19.4 Å². The molecule has 1 atom stereocenters. The van der Waals surface area contributed by atoms with E-state index in [0.717, 1.165) is 0 Å². The maximum atomic E-state index is 11.2. The molecule has 5 heteroatoms. The van der Waals surface area contributed by atoms with Crippen molar-refractivity contribution in [3.63, 3.8) is 0 Å². The SMILES string of the molecule is COCCN1C(=O)CC[C@H]1C(=O)O. The van der Waals surface area contributed by atoms with Gasteiger partial charge in [-0.25, -0.2) is 4.79 Å². The smallest absolute Gasteiger partial charge is 0.326 e. The highest BCUT2D eigenvalue weighted by Gasteiger charge is 2.35. The lowest BCUT2D eigenvalue weighted by Crippen LogP contribution is -2.40. The van der Waals surface area contributed by atoms with Crippen molar-refractivity contribution in [3.8, 4) is 0 Å². The number of rotatable bonds is 4. The third-order valence-electron chi connectivity index (χ3n) is 2.15. The third-order valence-corrected chi connectivity index (χ3v) is 2.15. The van der Waals surface area contributed by atoms with Crippen LogP contribution in [0.2, 0.25) is 0 Å². The van der Waals surface area contributed by atoms with Crippen LogP contribution >= 0.6 is 0 Å². The van der Waals surface area contributed by atoms with Crippen LogP contribution in [0.5, 0.6) is 0 Å². The van der Waals surface area contributed by atoms with E-state index in [0.29, 0.717) is 26.0 Å². The molecule has 0 radical (unpaired) electrons. The second-order valence-electron chi connectivity index (χ2n) is 2.97. The molecular weight excluding hydrogens is 174 g/mol. The van der Waals surface area contributed by atoms with Crippen molar-refractivity contribution in [2.75, 3.05) is 20.3 Å². The van der Waals surface area contributed by atoms with E-state index in [1.807, 2.05) is 0 Å². The molecule has 1 heterocycles. The fraction of sp³-hybridized carbons (Fsp3) is 0.750. The zero-order valence-corrected chi connectivity index (χ0v) is 7.52. The summed E-state index contributed by atoms with van der Waals surface area (Å²) in [5.41, 5.74) is 0. The molecular formula is C8H13NO4. The average Bonchev–Trinajstić information content (AvgIpc) is 2.43. The van der Waals surface area contributed by atoms with Gasteiger partial charge in [-0.15, -0.1) is 0 Å². The fourth-order valence-corrected chi connectivity index (χ4v) is 1.46. The number of likely N-dealkylation sites (tertiary alicyclic amines) is 1. The zero-order valence-electron chi connectivity index (χ0n) is 7.52. The average molecular weight is 187 g/mol. The number of carboxylic acid groups (broad SMARTS) is 1. The molecule has 13 heavy (non-hydrogen) atoms. The Balaban J connectivity index is 2.55. The van der Waals surface area contributed by atoms with Gasteiger partial charge < -0.3 is 14.7 Å². The summed E-state index contributed by atoms with van der Waals surface area (Å²) in [5, 5.41) is 8.77. The Kier molecular flexibility index (Phi) is 3.25. The number of carboxylic acids is 1. The van der Waals surface area contributed by atoms with Crippen LogP contribution in [0.4, 0.5) is 0 Å². The first-order chi connectivity index (χ1) is 6.16. The van der Waals surface area contributed by atoms with Gasteiger partial charge in [0.15, 0.2) is 0 Å². The van der Waals surface area contributed by atoms with Gasteiger partial charge in [0, 0.05) is 20.1 Å². The zero-order chi connectivity index (χ0) is 9.84. The highest BCUT2D eigenvalue weighted by molar-refractivity contribution is 5.87. The Hall–Kier alpha value is -1.10. The predicted octanol–water partition coefficient (Wildman–Crippen LogP) is -0.292. The van der Waals surface area contributed by atoms with Crippen LogP contribution in [0.25, 0.3) is 0 Å². The van der Waals surface area contributed by atoms with Crippen LogP contribution in [0.15, 0.2) is 0 Å². The molecule has 0 spiro atoms. The molecule has 1 saturated heterocycles. The van der Waals surface area contributed by atoms with Gasteiger partial charge in [-0.2, -0.15) is 0 Å². The molecule has 0 unspecified atom stereocenters. The minimum atomic E-state index is -0.929. The summed E-state index contributed by atoms with van der Waals surface area (Å²) < 4.78 is 4.79. The minimum absolute atomic E-state index is 0.0931. The van der Waals surface area contributed by atoms with Gasteiger partial charge in [0.2, 0.25) is 5.91 Å². The highest BCUT2D eigenvalue weighted by Crippen LogP contribution is 2.18. The number of hydrogen-bond donors (Lipinski definition) is 1. The number of methoxy groups -OCH3 is 1. The van der Waals surface area contributed by atoms with Crippen molar-refractivity contribution in [1.82, 2.24) is 4.90 Å². The van der Waals surface area contributed by atoms with Crippen molar-refractivity contribution in [1.29, 1.82) is 0 Å². The molecule has 1 rings (SSSR count). The van der Waals surface area contributed by atoms with E-state index in [-0.39, 0.29) is 5.91 Å². The number of aliphatic carboxylic acids is 1. The molecule has 0 aliphatic carbocycles. The van der Waals surface area contributed by atoms with Gasteiger partial charge in [-0.1, -0.05) is 0 Å². The number of amides is 1. The maximum absolute atomic E-state index is 11.2. The molecule has 1 aliphatic rings. The van der Waals surface area contributed by atoms with Crippen molar-refractivity contribution in [3.05, 3.63) is 0 Å². The van der Waals surface area contributed by atoms with Gasteiger partial charge in [-0.05, 0) is 6.42 Å². The monoisotopic (exact) mass is 187 g/mol. The standard InChI is InChI=1S/C8H13NO4/c1-13-5-4-9-6(8(11)12)2-3-7(9)10/h6H,2-5H2,1H3,(H,11,12)/t6-/m0/s1. The summed E-state index contributed by atoms with van der Waals surface area (Å²) in [4.78, 5) is 23.3. The summed E-state index contributed by atoms with van der Waals surface area (Å²) in [6.45, 7) is 0.752.